The summed E-state index contributed by atoms with van der Waals surface area (Å²) < 4.78 is 4.85. The quantitative estimate of drug-likeness (QED) is 0.842. The molecule has 1 unspecified atom stereocenters. The fourth-order valence-corrected chi connectivity index (χ4v) is 1.74. The molecule has 2 rings (SSSR count). The van der Waals surface area contributed by atoms with Gasteiger partial charge in [-0.2, -0.15) is 0 Å². The van der Waals surface area contributed by atoms with Gasteiger partial charge in [0, 0.05) is 18.8 Å². The molecule has 1 fully saturated rings. The molecule has 6 heteroatoms. The maximum Gasteiger partial charge on any atom is 0.410 e. The molecule has 1 amide bonds. The number of hydrogen-bond acceptors (Lipinski definition) is 4. The van der Waals surface area contributed by atoms with Crippen molar-refractivity contribution in [1.29, 1.82) is 0 Å². The van der Waals surface area contributed by atoms with Crippen molar-refractivity contribution in [3.63, 3.8) is 0 Å². The van der Waals surface area contributed by atoms with Gasteiger partial charge in [-0.1, -0.05) is 6.07 Å². The number of carboxylic acids is 1. The Morgan fingerprint density at radius 2 is 2.47 bits per heavy atom. The van der Waals surface area contributed by atoms with Crippen molar-refractivity contribution in [3.8, 4) is 0 Å². The summed E-state index contributed by atoms with van der Waals surface area (Å²) in [5.41, 5.74) is 0.776. The molecule has 0 aliphatic carbocycles. The van der Waals surface area contributed by atoms with Gasteiger partial charge in [-0.25, -0.2) is 9.59 Å². The van der Waals surface area contributed by atoms with Gasteiger partial charge in [0.15, 0.2) is 0 Å². The van der Waals surface area contributed by atoms with Crippen LogP contribution in [0.1, 0.15) is 12.0 Å². The van der Waals surface area contributed by atoms with Crippen LogP contribution in [0, 0.1) is 0 Å². The van der Waals surface area contributed by atoms with Crippen LogP contribution < -0.4 is 0 Å². The maximum atomic E-state index is 11.5. The highest BCUT2D eigenvalue weighted by Crippen LogP contribution is 2.17. The molecule has 2 heterocycles. The van der Waals surface area contributed by atoms with Crippen LogP contribution in [0.4, 0.5) is 4.79 Å². The SMILES string of the molecule is O=C(O)C1CCOC(=O)N1Cc1cccnc1. The van der Waals surface area contributed by atoms with Crippen molar-refractivity contribution < 1.29 is 19.4 Å². The van der Waals surface area contributed by atoms with Gasteiger partial charge in [-0.15, -0.1) is 0 Å². The van der Waals surface area contributed by atoms with Crippen LogP contribution in [0.2, 0.25) is 0 Å². The molecular formula is C11H12N2O4. The molecule has 1 aliphatic rings. The summed E-state index contributed by atoms with van der Waals surface area (Å²) in [6.45, 7) is 0.350. The molecule has 1 aromatic rings. The molecule has 0 spiro atoms. The van der Waals surface area contributed by atoms with Crippen molar-refractivity contribution in [2.75, 3.05) is 6.61 Å². The summed E-state index contributed by atoms with van der Waals surface area (Å²) in [5.74, 6) is -1.01. The zero-order chi connectivity index (χ0) is 12.3. The van der Waals surface area contributed by atoms with Crippen molar-refractivity contribution in [2.45, 2.75) is 19.0 Å². The van der Waals surface area contributed by atoms with E-state index in [9.17, 15) is 9.59 Å². The molecule has 6 nitrogen and oxygen atoms in total. The smallest absolute Gasteiger partial charge is 0.410 e. The Hall–Kier alpha value is -2.11. The zero-order valence-corrected chi connectivity index (χ0v) is 9.07. The van der Waals surface area contributed by atoms with Gasteiger partial charge < -0.3 is 9.84 Å². The lowest BCUT2D eigenvalue weighted by molar-refractivity contribution is -0.145. The first-order valence-corrected chi connectivity index (χ1v) is 5.23. The lowest BCUT2D eigenvalue weighted by atomic mass is 10.1. The number of pyridine rings is 1. The van der Waals surface area contributed by atoms with Crippen LogP contribution in [0.15, 0.2) is 24.5 Å². The van der Waals surface area contributed by atoms with E-state index in [1.807, 2.05) is 0 Å². The van der Waals surface area contributed by atoms with Crippen LogP contribution in [0.3, 0.4) is 0 Å². The van der Waals surface area contributed by atoms with E-state index in [1.165, 1.54) is 4.90 Å². The third kappa shape index (κ3) is 2.52. The summed E-state index contributed by atoms with van der Waals surface area (Å²) in [6, 6.07) is 2.70. The third-order valence-electron chi connectivity index (χ3n) is 2.59. The molecule has 1 aliphatic heterocycles. The Bertz CT molecular complexity index is 421. The Morgan fingerprint density at radius 3 is 3.12 bits per heavy atom. The molecule has 1 N–H and O–H groups in total. The van der Waals surface area contributed by atoms with Crippen molar-refractivity contribution in [3.05, 3.63) is 30.1 Å². The van der Waals surface area contributed by atoms with E-state index in [-0.39, 0.29) is 13.2 Å². The number of carboxylic acid groups (broad SMARTS) is 1. The molecule has 0 saturated carbocycles. The molecule has 0 aromatic carbocycles. The summed E-state index contributed by atoms with van der Waals surface area (Å²) >= 11 is 0. The summed E-state index contributed by atoms with van der Waals surface area (Å²) in [4.78, 5) is 27.7. The van der Waals surface area contributed by atoms with E-state index in [4.69, 9.17) is 9.84 Å². The fraction of sp³-hybridized carbons (Fsp3) is 0.364. The van der Waals surface area contributed by atoms with E-state index in [0.717, 1.165) is 5.56 Å². The van der Waals surface area contributed by atoms with Gasteiger partial charge in [0.05, 0.1) is 13.2 Å². The van der Waals surface area contributed by atoms with E-state index in [2.05, 4.69) is 4.98 Å². The van der Waals surface area contributed by atoms with Crippen molar-refractivity contribution in [1.82, 2.24) is 9.88 Å². The molecule has 90 valence electrons. The van der Waals surface area contributed by atoms with Crippen molar-refractivity contribution in [2.24, 2.45) is 0 Å². The second kappa shape index (κ2) is 4.82. The highest BCUT2D eigenvalue weighted by atomic mass is 16.6. The van der Waals surface area contributed by atoms with Gasteiger partial charge >= 0.3 is 12.1 Å². The first kappa shape index (κ1) is 11.4. The standard InChI is InChI=1S/C11H12N2O4/c14-10(15)9-3-5-17-11(16)13(9)7-8-2-1-4-12-6-8/h1-2,4,6,9H,3,5,7H2,(H,14,15). The van der Waals surface area contributed by atoms with Gasteiger partial charge in [0.2, 0.25) is 0 Å². The Balaban J connectivity index is 2.15. The molecule has 0 bridgehead atoms. The summed E-state index contributed by atoms with van der Waals surface area (Å²) in [7, 11) is 0. The van der Waals surface area contributed by atoms with E-state index in [1.54, 1.807) is 24.5 Å². The van der Waals surface area contributed by atoms with Crippen LogP contribution in [-0.2, 0) is 16.1 Å². The molecule has 1 aromatic heterocycles. The number of nitrogens with zero attached hydrogens (tertiary/aromatic N) is 2. The minimum Gasteiger partial charge on any atom is -0.480 e. The molecule has 17 heavy (non-hydrogen) atoms. The molecule has 0 radical (unpaired) electrons. The largest absolute Gasteiger partial charge is 0.480 e. The normalized spacial score (nSPS) is 19.9. The Labute approximate surface area is 97.8 Å². The number of carbonyl (C=O) groups excluding carboxylic acids is 1. The molecule has 1 saturated heterocycles. The number of carbonyl (C=O) groups is 2. The first-order valence-electron chi connectivity index (χ1n) is 5.23. The summed E-state index contributed by atoms with van der Waals surface area (Å²) in [5, 5.41) is 9.04. The zero-order valence-electron chi connectivity index (χ0n) is 9.07. The number of amides is 1. The Kier molecular flexibility index (Phi) is 3.22. The van der Waals surface area contributed by atoms with Gasteiger partial charge in [-0.05, 0) is 11.6 Å². The van der Waals surface area contributed by atoms with E-state index >= 15 is 0 Å². The second-order valence-electron chi connectivity index (χ2n) is 3.75. The number of aliphatic carboxylic acids is 1. The molecular weight excluding hydrogens is 224 g/mol. The average Bonchev–Trinajstić information content (AvgIpc) is 2.33. The minimum atomic E-state index is -1.01. The van der Waals surface area contributed by atoms with Crippen LogP contribution in [0.5, 0.6) is 0 Å². The highest BCUT2D eigenvalue weighted by Gasteiger charge is 2.34. The summed E-state index contributed by atoms with van der Waals surface area (Å²) in [6.07, 6.45) is 2.93. The van der Waals surface area contributed by atoms with Gasteiger partial charge in [0.25, 0.3) is 0 Å². The lowest BCUT2D eigenvalue weighted by Gasteiger charge is -2.32. The first-order chi connectivity index (χ1) is 8.18. The number of rotatable bonds is 3. The monoisotopic (exact) mass is 236 g/mol. The van der Waals surface area contributed by atoms with Crippen molar-refractivity contribution >= 4 is 12.1 Å². The predicted octanol–water partition coefficient (Wildman–Crippen LogP) is 0.877. The predicted molar refractivity (Wildman–Crippen MR) is 57.2 cm³/mol. The maximum absolute atomic E-state index is 11.5. The number of aromatic nitrogens is 1. The highest BCUT2D eigenvalue weighted by molar-refractivity contribution is 5.81. The number of hydrogen-bond donors (Lipinski definition) is 1. The minimum absolute atomic E-state index is 0.152. The van der Waals surface area contributed by atoms with E-state index in [0.29, 0.717) is 6.42 Å². The topological polar surface area (TPSA) is 79.7 Å². The van der Waals surface area contributed by atoms with Gasteiger partial charge in [0.1, 0.15) is 6.04 Å². The number of cyclic esters (lactones) is 1. The second-order valence-corrected chi connectivity index (χ2v) is 3.75. The van der Waals surface area contributed by atoms with E-state index < -0.39 is 18.1 Å². The fourth-order valence-electron chi connectivity index (χ4n) is 1.74. The van der Waals surface area contributed by atoms with Crippen LogP contribution in [0.25, 0.3) is 0 Å². The van der Waals surface area contributed by atoms with Crippen LogP contribution in [-0.4, -0.2) is 39.7 Å². The molecule has 1 atom stereocenters. The Morgan fingerprint density at radius 1 is 1.65 bits per heavy atom. The average molecular weight is 236 g/mol. The third-order valence-corrected chi connectivity index (χ3v) is 2.59. The number of ether oxygens (including phenoxy) is 1. The van der Waals surface area contributed by atoms with Crippen LogP contribution >= 0.6 is 0 Å². The van der Waals surface area contributed by atoms with Gasteiger partial charge in [-0.3, -0.25) is 9.88 Å². The lowest BCUT2D eigenvalue weighted by Crippen LogP contribution is -2.49.